The average Bonchev–Trinajstić information content (AvgIpc) is 3.49. The summed E-state index contributed by atoms with van der Waals surface area (Å²) in [6, 6.07) is 0. The van der Waals surface area contributed by atoms with Crippen molar-refractivity contribution in [2.75, 3.05) is 19.0 Å². The van der Waals surface area contributed by atoms with Gasteiger partial charge >= 0.3 is 11.9 Å². The SMILES string of the molecule is C=C1CC[C@@H]2[C@](C)(COC(=O)CCCCC3CCSS3)[C@H](O)CC[C@@]2(C)[C@@H]1/C=C/C1=CCOC1=O. The number of aliphatic hydroxyl groups is 1. The monoisotopic (exact) mass is 520 g/mol. The third-order valence-corrected chi connectivity index (χ3v) is 11.9. The van der Waals surface area contributed by atoms with Crippen LogP contribution in [0.1, 0.15) is 71.6 Å². The van der Waals surface area contributed by atoms with Crippen molar-refractivity contribution in [1.29, 1.82) is 0 Å². The average molecular weight is 521 g/mol. The Morgan fingerprint density at radius 2 is 2.14 bits per heavy atom. The van der Waals surface area contributed by atoms with Gasteiger partial charge in [-0.15, -0.1) is 0 Å². The number of allylic oxidation sites excluding steroid dienone is 2. The number of cyclic esters (lactones) is 1. The van der Waals surface area contributed by atoms with Crippen LogP contribution in [0.3, 0.4) is 0 Å². The van der Waals surface area contributed by atoms with E-state index in [4.69, 9.17) is 9.47 Å². The number of fused-ring (bicyclic) bond motifs is 1. The van der Waals surface area contributed by atoms with Gasteiger partial charge in [0, 0.05) is 28.8 Å². The van der Waals surface area contributed by atoms with Gasteiger partial charge in [-0.05, 0) is 62.4 Å². The predicted molar refractivity (Wildman–Crippen MR) is 143 cm³/mol. The van der Waals surface area contributed by atoms with Gasteiger partial charge in [0.05, 0.1) is 18.3 Å². The number of hydrogen-bond acceptors (Lipinski definition) is 7. The summed E-state index contributed by atoms with van der Waals surface area (Å²) in [5.41, 5.74) is 1.15. The molecule has 2 aliphatic heterocycles. The fraction of sp³-hybridized carbons (Fsp3) is 0.714. The molecule has 0 aromatic heterocycles. The Morgan fingerprint density at radius 1 is 1.31 bits per heavy atom. The van der Waals surface area contributed by atoms with Gasteiger partial charge in [-0.25, -0.2) is 4.79 Å². The van der Waals surface area contributed by atoms with Crippen molar-refractivity contribution in [2.45, 2.75) is 83.0 Å². The van der Waals surface area contributed by atoms with Crippen LogP contribution in [-0.2, 0) is 19.1 Å². The second-order valence-corrected chi connectivity index (χ2v) is 13.9. The number of esters is 2. The van der Waals surface area contributed by atoms with Crippen molar-refractivity contribution in [3.8, 4) is 0 Å². The molecular weight excluding hydrogens is 480 g/mol. The lowest BCUT2D eigenvalue weighted by Gasteiger charge is -2.59. The van der Waals surface area contributed by atoms with E-state index in [1.807, 2.05) is 33.7 Å². The lowest BCUT2D eigenvalue weighted by Crippen LogP contribution is -2.57. The summed E-state index contributed by atoms with van der Waals surface area (Å²) in [6.07, 6.45) is 13.5. The Bertz CT molecular complexity index is 877. The minimum absolute atomic E-state index is 0.102. The molecule has 1 unspecified atom stereocenters. The molecule has 2 aliphatic carbocycles. The molecule has 2 heterocycles. The highest BCUT2D eigenvalue weighted by Gasteiger charge is 2.57. The zero-order valence-electron chi connectivity index (χ0n) is 21.1. The summed E-state index contributed by atoms with van der Waals surface area (Å²) >= 11 is 0. The highest BCUT2D eigenvalue weighted by Crippen LogP contribution is 2.61. The van der Waals surface area contributed by atoms with Crippen LogP contribution in [0.15, 0.2) is 36.0 Å². The molecule has 7 heteroatoms. The van der Waals surface area contributed by atoms with Crippen LogP contribution in [0.5, 0.6) is 0 Å². The molecular formula is C28H40O5S2. The van der Waals surface area contributed by atoms with Crippen molar-refractivity contribution >= 4 is 33.5 Å². The normalized spacial score (nSPS) is 37.3. The Labute approximate surface area is 217 Å². The third kappa shape index (κ3) is 5.88. The zero-order valence-corrected chi connectivity index (χ0v) is 22.8. The largest absolute Gasteiger partial charge is 0.465 e. The summed E-state index contributed by atoms with van der Waals surface area (Å²) < 4.78 is 10.9. The summed E-state index contributed by atoms with van der Waals surface area (Å²) in [4.78, 5) is 24.5. The fourth-order valence-corrected chi connectivity index (χ4v) is 9.72. The number of carbonyl (C=O) groups excluding carboxylic acids is 2. The molecule has 0 aromatic rings. The maximum absolute atomic E-state index is 12.6. The molecule has 6 atom stereocenters. The first-order chi connectivity index (χ1) is 16.7. The van der Waals surface area contributed by atoms with E-state index in [2.05, 4.69) is 26.5 Å². The molecule has 0 aromatic carbocycles. The Hall–Kier alpha value is -1.18. The molecule has 0 amide bonds. The molecule has 5 nitrogen and oxygen atoms in total. The minimum atomic E-state index is -0.506. The van der Waals surface area contributed by atoms with Gasteiger partial charge in [0.1, 0.15) is 6.61 Å². The maximum atomic E-state index is 12.6. The highest BCUT2D eigenvalue weighted by molar-refractivity contribution is 8.77. The van der Waals surface area contributed by atoms with E-state index in [9.17, 15) is 14.7 Å². The standard InChI is InChI=1S/C28H40O5S2/c1-19-8-11-23-27(2,22(19)10-9-20-13-16-32-26(20)31)15-12-24(29)28(23,3)18-33-25(30)7-5-4-6-21-14-17-34-35-21/h9-10,13,21-24,29H,1,4-8,11-12,14-18H2,2-3H3/b10-9+/t21?,22-,23+,24-,27+,28+/m1/s1. The molecule has 4 rings (SSSR count). The summed E-state index contributed by atoms with van der Waals surface area (Å²) in [5.74, 6) is 1.11. The smallest absolute Gasteiger partial charge is 0.338 e. The van der Waals surface area contributed by atoms with E-state index < -0.39 is 11.5 Å². The number of ether oxygens (including phenoxy) is 2. The number of aliphatic hydroxyl groups excluding tert-OH is 1. The van der Waals surface area contributed by atoms with Crippen molar-refractivity contribution in [1.82, 2.24) is 0 Å². The Kier molecular flexibility index (Phi) is 8.81. The van der Waals surface area contributed by atoms with E-state index in [0.29, 0.717) is 25.0 Å². The molecule has 3 fully saturated rings. The van der Waals surface area contributed by atoms with Crippen LogP contribution in [0.25, 0.3) is 0 Å². The molecule has 2 saturated carbocycles. The highest BCUT2D eigenvalue weighted by atomic mass is 33.1. The Morgan fingerprint density at radius 3 is 2.86 bits per heavy atom. The van der Waals surface area contributed by atoms with E-state index in [0.717, 1.165) is 37.4 Å². The maximum Gasteiger partial charge on any atom is 0.338 e. The topological polar surface area (TPSA) is 72.8 Å². The minimum Gasteiger partial charge on any atom is -0.465 e. The van der Waals surface area contributed by atoms with Crippen molar-refractivity contribution < 1.29 is 24.2 Å². The van der Waals surface area contributed by atoms with Crippen molar-refractivity contribution in [3.05, 3.63) is 36.0 Å². The van der Waals surface area contributed by atoms with Gasteiger partial charge in [0.15, 0.2) is 0 Å². The second-order valence-electron chi connectivity index (χ2n) is 11.1. The predicted octanol–water partition coefficient (Wildman–Crippen LogP) is 6.03. The van der Waals surface area contributed by atoms with Crippen LogP contribution in [0.4, 0.5) is 0 Å². The molecule has 0 radical (unpaired) electrons. The third-order valence-electron chi connectivity index (χ3n) is 8.86. The summed E-state index contributed by atoms with van der Waals surface area (Å²) in [6.45, 7) is 9.33. The molecule has 1 N–H and O–H groups in total. The molecule has 0 bridgehead atoms. The van der Waals surface area contributed by atoms with Gasteiger partial charge in [0.25, 0.3) is 0 Å². The van der Waals surface area contributed by atoms with Gasteiger partial charge in [0.2, 0.25) is 0 Å². The number of unbranched alkanes of at least 4 members (excludes halogenated alkanes) is 1. The van der Waals surface area contributed by atoms with Crippen LogP contribution in [0.2, 0.25) is 0 Å². The van der Waals surface area contributed by atoms with Gasteiger partial charge in [-0.2, -0.15) is 0 Å². The quantitative estimate of drug-likeness (QED) is 0.172. The van der Waals surface area contributed by atoms with Crippen molar-refractivity contribution in [2.24, 2.45) is 22.7 Å². The first-order valence-corrected chi connectivity index (χ1v) is 15.5. The van der Waals surface area contributed by atoms with E-state index >= 15 is 0 Å². The van der Waals surface area contributed by atoms with Crippen LogP contribution in [-0.4, -0.2) is 47.4 Å². The van der Waals surface area contributed by atoms with Crippen LogP contribution >= 0.6 is 21.6 Å². The van der Waals surface area contributed by atoms with E-state index in [-0.39, 0.29) is 35.8 Å². The molecule has 0 spiro atoms. The fourth-order valence-electron chi connectivity index (χ4n) is 6.70. The first kappa shape index (κ1) is 26.9. The number of hydrogen-bond donors (Lipinski definition) is 1. The van der Waals surface area contributed by atoms with E-state index in [1.54, 1.807) is 0 Å². The zero-order chi connectivity index (χ0) is 25.1. The summed E-state index contributed by atoms with van der Waals surface area (Å²) in [5, 5.41) is 11.9. The van der Waals surface area contributed by atoms with Crippen molar-refractivity contribution in [3.63, 3.8) is 0 Å². The summed E-state index contributed by atoms with van der Waals surface area (Å²) in [7, 11) is 3.94. The lowest BCUT2D eigenvalue weighted by atomic mass is 9.46. The second kappa shape index (κ2) is 11.5. The number of rotatable bonds is 9. The lowest BCUT2D eigenvalue weighted by molar-refractivity contribution is -0.172. The van der Waals surface area contributed by atoms with Gasteiger partial charge < -0.3 is 14.6 Å². The molecule has 4 aliphatic rings. The first-order valence-electron chi connectivity index (χ1n) is 13.1. The molecule has 194 valence electrons. The van der Waals surface area contributed by atoms with E-state index in [1.165, 1.54) is 24.2 Å². The van der Waals surface area contributed by atoms with Crippen LogP contribution < -0.4 is 0 Å². The van der Waals surface area contributed by atoms with Gasteiger partial charge in [-0.3, -0.25) is 4.79 Å². The van der Waals surface area contributed by atoms with Crippen LogP contribution in [0, 0.1) is 22.7 Å². The molecule has 35 heavy (non-hydrogen) atoms. The Balaban J connectivity index is 1.38. The van der Waals surface area contributed by atoms with Gasteiger partial charge in [-0.1, -0.05) is 66.2 Å². The molecule has 1 saturated heterocycles. The number of carbonyl (C=O) groups is 2.